The molecular formula is C10H23LiO4S. The van der Waals surface area contributed by atoms with Crippen molar-refractivity contribution in [2.24, 2.45) is 0 Å². The van der Waals surface area contributed by atoms with E-state index in [1.165, 1.54) is 32.1 Å². The topological polar surface area (TPSA) is 63.6 Å². The quantitative estimate of drug-likeness (QED) is 0.336. The van der Waals surface area contributed by atoms with Crippen LogP contribution in [0.25, 0.3) is 0 Å². The molecule has 0 fully saturated rings. The third kappa shape index (κ3) is 16.9. The standard InChI is InChI=1S/C10H22O4S.Li.H/c1-2-3-4-5-6-7-8-9-10-14-15(11,12)13;;/h2-10H2,1H3,(H,11,12,13);;/q;+1;-1. The maximum absolute atomic E-state index is 10.2. The Morgan fingerprint density at radius 1 is 1.00 bits per heavy atom. The Hall–Kier alpha value is 0.467. The van der Waals surface area contributed by atoms with Gasteiger partial charge in [0.25, 0.3) is 0 Å². The van der Waals surface area contributed by atoms with Crippen LogP contribution in [0, 0.1) is 0 Å². The van der Waals surface area contributed by atoms with Crippen LogP contribution in [0.2, 0.25) is 0 Å². The van der Waals surface area contributed by atoms with Crippen molar-refractivity contribution in [3.05, 3.63) is 0 Å². The molecule has 0 aliphatic rings. The van der Waals surface area contributed by atoms with Gasteiger partial charge >= 0.3 is 29.3 Å². The smallest absolute Gasteiger partial charge is 1.00 e. The van der Waals surface area contributed by atoms with Gasteiger partial charge in [-0.2, -0.15) is 8.42 Å². The van der Waals surface area contributed by atoms with Gasteiger partial charge in [-0.25, -0.2) is 4.18 Å². The fourth-order valence-electron chi connectivity index (χ4n) is 1.40. The van der Waals surface area contributed by atoms with Gasteiger partial charge in [-0.1, -0.05) is 51.9 Å². The molecule has 0 heterocycles. The normalized spacial score (nSPS) is 11.1. The number of hydrogen-bond acceptors (Lipinski definition) is 3. The van der Waals surface area contributed by atoms with Gasteiger partial charge in [-0.15, -0.1) is 0 Å². The molecule has 0 saturated carbocycles. The zero-order valence-electron chi connectivity index (χ0n) is 11.4. The van der Waals surface area contributed by atoms with Crippen LogP contribution in [-0.4, -0.2) is 19.6 Å². The summed E-state index contributed by atoms with van der Waals surface area (Å²) < 4.78 is 32.8. The molecule has 94 valence electrons. The molecule has 16 heavy (non-hydrogen) atoms. The molecule has 1 N–H and O–H groups in total. The second kappa shape index (κ2) is 11.9. The summed E-state index contributed by atoms with van der Waals surface area (Å²) >= 11 is 0. The molecule has 4 nitrogen and oxygen atoms in total. The van der Waals surface area contributed by atoms with E-state index in [0.29, 0.717) is 6.42 Å². The summed E-state index contributed by atoms with van der Waals surface area (Å²) in [4.78, 5) is 0. The van der Waals surface area contributed by atoms with E-state index in [9.17, 15) is 8.42 Å². The molecular weight excluding hydrogens is 223 g/mol. The molecule has 0 aromatic carbocycles. The fourth-order valence-corrected chi connectivity index (χ4v) is 1.73. The molecule has 6 heteroatoms. The molecule has 0 aliphatic heterocycles. The van der Waals surface area contributed by atoms with Gasteiger partial charge in [0.05, 0.1) is 6.61 Å². The van der Waals surface area contributed by atoms with Gasteiger partial charge in [-0.3, -0.25) is 4.55 Å². The maximum Gasteiger partial charge on any atom is 1.00 e. The molecule has 0 aromatic rings. The first-order valence-corrected chi connectivity index (χ1v) is 7.04. The van der Waals surface area contributed by atoms with Crippen molar-refractivity contribution in [2.45, 2.75) is 58.3 Å². The molecule has 0 amide bonds. The van der Waals surface area contributed by atoms with Crippen LogP contribution >= 0.6 is 0 Å². The maximum atomic E-state index is 10.2. The summed E-state index contributed by atoms with van der Waals surface area (Å²) in [5, 5.41) is 0. The minimum absolute atomic E-state index is 0. The molecule has 0 atom stereocenters. The average molecular weight is 246 g/mol. The van der Waals surface area contributed by atoms with Gasteiger partial charge in [0.1, 0.15) is 0 Å². The Balaban J connectivity index is -0.000000980. The largest absolute Gasteiger partial charge is 1.00 e. The van der Waals surface area contributed by atoms with Crippen molar-refractivity contribution in [3.8, 4) is 0 Å². The van der Waals surface area contributed by atoms with Crippen molar-refractivity contribution in [3.63, 3.8) is 0 Å². The first kappa shape index (κ1) is 18.8. The van der Waals surface area contributed by atoms with Gasteiger partial charge in [0, 0.05) is 0 Å². The Bertz CT molecular complexity index is 234. The van der Waals surface area contributed by atoms with Crippen molar-refractivity contribution >= 4 is 10.4 Å². The molecule has 0 aromatic heterocycles. The van der Waals surface area contributed by atoms with E-state index < -0.39 is 10.4 Å². The van der Waals surface area contributed by atoms with Crippen LogP contribution in [0.3, 0.4) is 0 Å². The second-order valence-corrected chi connectivity index (χ2v) is 4.82. The van der Waals surface area contributed by atoms with Crippen LogP contribution in [0.5, 0.6) is 0 Å². The second-order valence-electron chi connectivity index (χ2n) is 3.72. The van der Waals surface area contributed by atoms with E-state index >= 15 is 0 Å². The monoisotopic (exact) mass is 246 g/mol. The van der Waals surface area contributed by atoms with E-state index in [1.54, 1.807) is 0 Å². The zero-order chi connectivity index (χ0) is 11.6. The molecule has 0 saturated heterocycles. The van der Waals surface area contributed by atoms with Gasteiger partial charge in [0.15, 0.2) is 0 Å². The predicted molar refractivity (Wildman–Crippen MR) is 61.2 cm³/mol. The first-order chi connectivity index (χ1) is 7.06. The molecule has 0 unspecified atom stereocenters. The van der Waals surface area contributed by atoms with Crippen LogP contribution in [-0.2, 0) is 14.6 Å². The molecule has 0 rings (SSSR count). The van der Waals surface area contributed by atoms with Gasteiger partial charge in [-0.05, 0) is 6.42 Å². The zero-order valence-corrected chi connectivity index (χ0v) is 11.3. The van der Waals surface area contributed by atoms with Crippen LogP contribution in [0.4, 0.5) is 0 Å². The minimum atomic E-state index is -4.23. The SMILES string of the molecule is CCCCCCCCCCOS(=O)(=O)O.[H-].[Li+]. The predicted octanol–water partition coefficient (Wildman–Crippen LogP) is 0.0630. The Labute approximate surface area is 113 Å². The average Bonchev–Trinajstić information content (AvgIpc) is 2.14. The molecule has 0 radical (unpaired) electrons. The fraction of sp³-hybridized carbons (Fsp3) is 1.00. The summed E-state index contributed by atoms with van der Waals surface area (Å²) in [6.45, 7) is 2.28. The van der Waals surface area contributed by atoms with Crippen LogP contribution < -0.4 is 18.9 Å². The van der Waals surface area contributed by atoms with E-state index in [2.05, 4.69) is 11.1 Å². The number of rotatable bonds is 10. The van der Waals surface area contributed by atoms with Crippen LogP contribution in [0.15, 0.2) is 0 Å². The van der Waals surface area contributed by atoms with Crippen LogP contribution in [0.1, 0.15) is 59.7 Å². The minimum Gasteiger partial charge on any atom is -1.00 e. The molecule has 0 aliphatic carbocycles. The summed E-state index contributed by atoms with van der Waals surface area (Å²) in [7, 11) is -4.23. The number of hydrogen-bond donors (Lipinski definition) is 1. The number of unbranched alkanes of at least 4 members (excludes halogenated alkanes) is 7. The Morgan fingerprint density at radius 3 is 1.88 bits per heavy atom. The summed E-state index contributed by atoms with van der Waals surface area (Å²) in [5.74, 6) is 0. The van der Waals surface area contributed by atoms with E-state index in [-0.39, 0.29) is 26.9 Å². The van der Waals surface area contributed by atoms with Gasteiger partial charge in [0.2, 0.25) is 0 Å². The molecule has 0 bridgehead atoms. The third-order valence-corrected chi connectivity index (χ3v) is 2.69. The third-order valence-electron chi connectivity index (χ3n) is 2.23. The van der Waals surface area contributed by atoms with E-state index in [0.717, 1.165) is 12.8 Å². The van der Waals surface area contributed by atoms with Crippen molar-refractivity contribution in [2.75, 3.05) is 6.61 Å². The van der Waals surface area contributed by atoms with Crippen molar-refractivity contribution < 1.29 is 37.4 Å². The Kier molecular flexibility index (Phi) is 14.0. The van der Waals surface area contributed by atoms with Gasteiger partial charge < -0.3 is 1.43 Å². The first-order valence-electron chi connectivity index (χ1n) is 5.68. The van der Waals surface area contributed by atoms with E-state index in [4.69, 9.17) is 4.55 Å². The Morgan fingerprint density at radius 2 is 1.44 bits per heavy atom. The van der Waals surface area contributed by atoms with Crippen molar-refractivity contribution in [1.82, 2.24) is 0 Å². The summed E-state index contributed by atoms with van der Waals surface area (Å²) in [6, 6.07) is 0. The summed E-state index contributed by atoms with van der Waals surface area (Å²) in [6.07, 6.45) is 9.05. The van der Waals surface area contributed by atoms with Crippen molar-refractivity contribution in [1.29, 1.82) is 0 Å². The summed E-state index contributed by atoms with van der Waals surface area (Å²) in [5.41, 5.74) is 0. The molecule has 0 spiro atoms. The van der Waals surface area contributed by atoms with E-state index in [1.807, 2.05) is 0 Å².